The van der Waals surface area contributed by atoms with Crippen molar-refractivity contribution in [1.82, 2.24) is 0 Å². The van der Waals surface area contributed by atoms with E-state index in [-0.39, 0.29) is 0 Å². The van der Waals surface area contributed by atoms with Crippen LogP contribution in [0.25, 0.3) is 0 Å². The summed E-state index contributed by atoms with van der Waals surface area (Å²) in [6.45, 7) is 18.8. The molecule has 0 amide bonds. The maximum Gasteiger partial charge on any atom is 0.0388 e. The minimum atomic E-state index is 0.777. The molecule has 0 fully saturated rings. The number of allylic oxidation sites excluding steroid dienone is 2. The fourth-order valence-electron chi connectivity index (χ4n) is 3.80. The fraction of sp³-hybridized carbons (Fsp3) is 0.778. The third-order valence-corrected chi connectivity index (χ3v) is 6.14. The molecule has 0 N–H and O–H groups in total. The maximum atomic E-state index is 4.88. The minimum absolute atomic E-state index is 0.777. The Bertz CT molecular complexity index is 419. The maximum absolute atomic E-state index is 4.88. The van der Waals surface area contributed by atoms with Crippen LogP contribution in [0.5, 0.6) is 0 Å². The van der Waals surface area contributed by atoms with Crippen molar-refractivity contribution < 1.29 is 0 Å². The Labute approximate surface area is 183 Å². The van der Waals surface area contributed by atoms with Gasteiger partial charge in [0.2, 0.25) is 0 Å². The average Bonchev–Trinajstić information content (AvgIpc) is 2.75. The zero-order valence-electron chi connectivity index (χ0n) is 20.2. The first-order chi connectivity index (χ1) is 14.1. The van der Waals surface area contributed by atoms with Gasteiger partial charge in [-0.2, -0.15) is 0 Å². The molecule has 2 unspecified atom stereocenters. The first-order valence-corrected chi connectivity index (χ1v) is 12.4. The number of hydrogen-bond acceptors (Lipinski definition) is 2. The first kappa shape index (κ1) is 27.8. The molecule has 0 rings (SSSR count). The summed E-state index contributed by atoms with van der Waals surface area (Å²) in [5, 5.41) is 0. The summed E-state index contributed by atoms with van der Waals surface area (Å²) >= 11 is 0. The van der Waals surface area contributed by atoms with Crippen LogP contribution in [0.2, 0.25) is 0 Å². The molecule has 0 aromatic rings. The highest BCUT2D eigenvalue weighted by atomic mass is 14.7. The van der Waals surface area contributed by atoms with Crippen molar-refractivity contribution in [3.05, 3.63) is 25.3 Å². The highest BCUT2D eigenvalue weighted by molar-refractivity contribution is 5.84. The summed E-state index contributed by atoms with van der Waals surface area (Å²) in [5.41, 5.74) is 2.81. The first-order valence-electron chi connectivity index (χ1n) is 12.4. The van der Waals surface area contributed by atoms with Crippen molar-refractivity contribution in [1.29, 1.82) is 0 Å². The molecule has 2 heteroatoms. The lowest BCUT2D eigenvalue weighted by Crippen LogP contribution is -2.05. The van der Waals surface area contributed by atoms with E-state index < -0.39 is 0 Å². The van der Waals surface area contributed by atoms with Gasteiger partial charge in [0.1, 0.15) is 0 Å². The van der Waals surface area contributed by atoms with Crippen LogP contribution in [-0.4, -0.2) is 24.5 Å². The van der Waals surface area contributed by atoms with E-state index >= 15 is 0 Å². The lowest BCUT2D eigenvalue weighted by molar-refractivity contribution is 0.485. The Morgan fingerprint density at radius 1 is 0.690 bits per heavy atom. The SMILES string of the molecule is C=CCC(CC)CCC(CC)=NCCCCCN=C(CC)CCC(CC)CC=C. The van der Waals surface area contributed by atoms with Gasteiger partial charge in [0.05, 0.1) is 0 Å². The summed E-state index contributed by atoms with van der Waals surface area (Å²) in [7, 11) is 0. The number of rotatable bonds is 20. The summed E-state index contributed by atoms with van der Waals surface area (Å²) in [6, 6.07) is 0. The number of aliphatic imine (C=N–C) groups is 2. The topological polar surface area (TPSA) is 24.7 Å². The van der Waals surface area contributed by atoms with Crippen molar-refractivity contribution in [3.63, 3.8) is 0 Å². The Morgan fingerprint density at radius 3 is 1.41 bits per heavy atom. The number of unbranched alkanes of at least 4 members (excludes halogenated alkanes) is 2. The van der Waals surface area contributed by atoms with Gasteiger partial charge in [0.15, 0.2) is 0 Å². The van der Waals surface area contributed by atoms with Gasteiger partial charge in [-0.15, -0.1) is 13.2 Å². The van der Waals surface area contributed by atoms with E-state index in [0.717, 1.165) is 63.5 Å². The van der Waals surface area contributed by atoms with Gasteiger partial charge in [-0.1, -0.05) is 52.7 Å². The molecule has 29 heavy (non-hydrogen) atoms. The number of nitrogens with zero attached hydrogens (tertiary/aromatic N) is 2. The Morgan fingerprint density at radius 2 is 1.10 bits per heavy atom. The Kier molecular flexibility index (Phi) is 19.3. The van der Waals surface area contributed by atoms with Gasteiger partial charge < -0.3 is 0 Å². The van der Waals surface area contributed by atoms with Crippen LogP contribution in [-0.2, 0) is 0 Å². The molecule has 0 saturated carbocycles. The second-order valence-electron chi connectivity index (χ2n) is 8.34. The van der Waals surface area contributed by atoms with Crippen molar-refractivity contribution in [2.75, 3.05) is 13.1 Å². The third kappa shape index (κ3) is 15.3. The standard InChI is InChI=1S/C27H50N2/c1-7-16-24(9-3)18-20-26(11-5)28-22-14-13-15-23-29-27(12-6)21-19-25(10-4)17-8-2/h7-8,24-25H,1-2,9-23H2,3-6H3. The highest BCUT2D eigenvalue weighted by Crippen LogP contribution is 2.18. The normalized spacial score (nSPS) is 14.6. The van der Waals surface area contributed by atoms with Crippen LogP contribution in [0.1, 0.15) is 111 Å². The van der Waals surface area contributed by atoms with Crippen LogP contribution in [0.15, 0.2) is 35.3 Å². The van der Waals surface area contributed by atoms with Crippen LogP contribution in [0, 0.1) is 11.8 Å². The van der Waals surface area contributed by atoms with E-state index in [4.69, 9.17) is 9.98 Å². The molecule has 0 aliphatic rings. The van der Waals surface area contributed by atoms with E-state index in [2.05, 4.69) is 53.0 Å². The van der Waals surface area contributed by atoms with Gasteiger partial charge in [-0.05, 0) is 82.5 Å². The molecule has 0 spiro atoms. The average molecular weight is 403 g/mol. The molecule has 0 heterocycles. The van der Waals surface area contributed by atoms with E-state index in [1.807, 2.05) is 0 Å². The van der Waals surface area contributed by atoms with E-state index in [1.165, 1.54) is 56.4 Å². The Balaban J connectivity index is 4.06. The zero-order chi connectivity index (χ0) is 21.7. The van der Waals surface area contributed by atoms with Crippen LogP contribution in [0.3, 0.4) is 0 Å². The minimum Gasteiger partial charge on any atom is -0.294 e. The predicted molar refractivity (Wildman–Crippen MR) is 135 cm³/mol. The van der Waals surface area contributed by atoms with Crippen LogP contribution >= 0.6 is 0 Å². The smallest absolute Gasteiger partial charge is 0.0388 e. The molecule has 2 nitrogen and oxygen atoms in total. The van der Waals surface area contributed by atoms with Gasteiger partial charge in [0.25, 0.3) is 0 Å². The van der Waals surface area contributed by atoms with Crippen LogP contribution in [0.4, 0.5) is 0 Å². The van der Waals surface area contributed by atoms with Crippen molar-refractivity contribution >= 4 is 11.4 Å². The predicted octanol–water partition coefficient (Wildman–Crippen LogP) is 8.62. The molecular weight excluding hydrogens is 352 g/mol. The quantitative estimate of drug-likeness (QED) is 0.111. The zero-order valence-corrected chi connectivity index (χ0v) is 20.2. The van der Waals surface area contributed by atoms with Crippen LogP contribution < -0.4 is 0 Å². The molecule has 2 atom stereocenters. The molecular formula is C27H50N2. The Hall–Kier alpha value is -1.18. The van der Waals surface area contributed by atoms with E-state index in [0.29, 0.717) is 0 Å². The molecule has 0 aromatic carbocycles. The molecule has 0 aliphatic carbocycles. The molecule has 0 aromatic heterocycles. The molecule has 0 radical (unpaired) electrons. The molecule has 168 valence electrons. The largest absolute Gasteiger partial charge is 0.294 e. The van der Waals surface area contributed by atoms with Crippen molar-refractivity contribution in [2.24, 2.45) is 21.8 Å². The summed E-state index contributed by atoms with van der Waals surface area (Å²) in [4.78, 5) is 9.76. The second kappa shape index (κ2) is 20.1. The summed E-state index contributed by atoms with van der Waals surface area (Å²) in [5.74, 6) is 1.55. The lowest BCUT2D eigenvalue weighted by Gasteiger charge is -2.13. The van der Waals surface area contributed by atoms with Gasteiger partial charge in [0, 0.05) is 24.5 Å². The summed E-state index contributed by atoms with van der Waals surface area (Å²) in [6.07, 6.45) is 19.6. The molecule has 0 aliphatic heterocycles. The van der Waals surface area contributed by atoms with Gasteiger partial charge in [-0.25, -0.2) is 0 Å². The fourth-order valence-corrected chi connectivity index (χ4v) is 3.80. The van der Waals surface area contributed by atoms with Crippen molar-refractivity contribution in [3.8, 4) is 0 Å². The van der Waals surface area contributed by atoms with Gasteiger partial charge >= 0.3 is 0 Å². The van der Waals surface area contributed by atoms with E-state index in [1.54, 1.807) is 0 Å². The highest BCUT2D eigenvalue weighted by Gasteiger charge is 2.07. The molecule has 0 bridgehead atoms. The monoisotopic (exact) mass is 402 g/mol. The molecule has 0 saturated heterocycles. The lowest BCUT2D eigenvalue weighted by atomic mass is 9.95. The van der Waals surface area contributed by atoms with E-state index in [9.17, 15) is 0 Å². The van der Waals surface area contributed by atoms with Gasteiger partial charge in [-0.3, -0.25) is 9.98 Å². The second-order valence-corrected chi connectivity index (χ2v) is 8.34. The third-order valence-electron chi connectivity index (χ3n) is 6.14. The number of hydrogen-bond donors (Lipinski definition) is 0. The van der Waals surface area contributed by atoms with Crippen molar-refractivity contribution in [2.45, 2.75) is 111 Å². The summed E-state index contributed by atoms with van der Waals surface area (Å²) < 4.78 is 0.